The van der Waals surface area contributed by atoms with E-state index in [9.17, 15) is 4.79 Å². The van der Waals surface area contributed by atoms with Crippen molar-refractivity contribution in [2.24, 2.45) is 0 Å². The Hall–Kier alpha value is -2.32. The van der Waals surface area contributed by atoms with Gasteiger partial charge in [0.1, 0.15) is 0 Å². The van der Waals surface area contributed by atoms with Gasteiger partial charge in [-0.1, -0.05) is 0 Å². The first-order valence-electron chi connectivity index (χ1n) is 5.92. The molecule has 0 saturated heterocycles. The summed E-state index contributed by atoms with van der Waals surface area (Å²) in [4.78, 5) is 14.1. The molecule has 0 fully saturated rings. The van der Waals surface area contributed by atoms with E-state index in [0.717, 1.165) is 9.75 Å². The molecule has 0 aliphatic carbocycles. The minimum atomic E-state index is -0.421. The molecule has 1 heterocycles. The molecular weight excluding hydrogens is 274 g/mol. The first-order chi connectivity index (χ1) is 9.55. The number of aryl methyl sites for hydroxylation is 2. The molecule has 0 saturated carbocycles. The molecular formula is C15H13NO3S. The lowest BCUT2D eigenvalue weighted by Gasteiger charge is -2.09. The van der Waals surface area contributed by atoms with Crippen LogP contribution in [0.3, 0.4) is 0 Å². The van der Waals surface area contributed by atoms with Gasteiger partial charge < -0.3 is 9.47 Å². The van der Waals surface area contributed by atoms with Crippen LogP contribution in [0.25, 0.3) is 0 Å². The third-order valence-electron chi connectivity index (χ3n) is 2.76. The molecule has 0 unspecified atom stereocenters. The summed E-state index contributed by atoms with van der Waals surface area (Å²) in [5.74, 6) is 0.247. The first kappa shape index (κ1) is 14.1. The predicted molar refractivity (Wildman–Crippen MR) is 76.5 cm³/mol. The van der Waals surface area contributed by atoms with Gasteiger partial charge in [-0.05, 0) is 32.0 Å². The van der Waals surface area contributed by atoms with Gasteiger partial charge in [-0.2, -0.15) is 5.26 Å². The third-order valence-corrected chi connectivity index (χ3v) is 3.72. The highest BCUT2D eigenvalue weighted by Crippen LogP contribution is 2.30. The highest BCUT2D eigenvalue weighted by Gasteiger charge is 2.16. The maximum absolute atomic E-state index is 12.1. The number of rotatable bonds is 3. The van der Waals surface area contributed by atoms with Gasteiger partial charge in [0.15, 0.2) is 11.5 Å². The Bertz CT molecular complexity index is 698. The zero-order valence-corrected chi connectivity index (χ0v) is 12.2. The topological polar surface area (TPSA) is 59.3 Å². The van der Waals surface area contributed by atoms with Crippen molar-refractivity contribution in [3.8, 4) is 17.6 Å². The largest absolute Gasteiger partial charge is 0.493 e. The van der Waals surface area contributed by atoms with Gasteiger partial charge in [0.25, 0.3) is 0 Å². The highest BCUT2D eigenvalue weighted by molar-refractivity contribution is 7.12. The molecule has 2 rings (SSSR count). The minimum Gasteiger partial charge on any atom is -0.493 e. The van der Waals surface area contributed by atoms with E-state index in [0.29, 0.717) is 22.6 Å². The Kier molecular flexibility index (Phi) is 4.06. The van der Waals surface area contributed by atoms with Gasteiger partial charge >= 0.3 is 5.97 Å². The van der Waals surface area contributed by atoms with Crippen LogP contribution in [0.4, 0.5) is 0 Å². The van der Waals surface area contributed by atoms with E-state index in [-0.39, 0.29) is 0 Å². The molecule has 0 atom stereocenters. The SMILES string of the molecule is COc1cc(C#N)ccc1OC(=O)c1cc(C)sc1C. The summed E-state index contributed by atoms with van der Waals surface area (Å²) >= 11 is 1.55. The number of benzene rings is 1. The zero-order chi connectivity index (χ0) is 14.7. The van der Waals surface area contributed by atoms with Crippen molar-refractivity contribution < 1.29 is 14.3 Å². The van der Waals surface area contributed by atoms with E-state index in [2.05, 4.69) is 0 Å². The van der Waals surface area contributed by atoms with E-state index < -0.39 is 5.97 Å². The Morgan fingerprint density at radius 1 is 1.25 bits per heavy atom. The quantitative estimate of drug-likeness (QED) is 0.640. The zero-order valence-electron chi connectivity index (χ0n) is 11.4. The molecule has 102 valence electrons. The van der Waals surface area contributed by atoms with Crippen molar-refractivity contribution in [2.75, 3.05) is 7.11 Å². The summed E-state index contributed by atoms with van der Waals surface area (Å²) < 4.78 is 10.5. The molecule has 4 nitrogen and oxygen atoms in total. The average molecular weight is 287 g/mol. The van der Waals surface area contributed by atoms with E-state index in [1.165, 1.54) is 13.2 Å². The molecule has 0 amide bonds. The van der Waals surface area contributed by atoms with Gasteiger partial charge in [-0.25, -0.2) is 4.79 Å². The lowest BCUT2D eigenvalue weighted by molar-refractivity contribution is 0.0729. The summed E-state index contributed by atoms with van der Waals surface area (Å²) in [5, 5.41) is 8.84. The van der Waals surface area contributed by atoms with E-state index in [1.54, 1.807) is 29.5 Å². The second-order valence-corrected chi connectivity index (χ2v) is 5.65. The number of nitrogens with zero attached hydrogens (tertiary/aromatic N) is 1. The van der Waals surface area contributed by atoms with Gasteiger partial charge in [0.2, 0.25) is 0 Å². The van der Waals surface area contributed by atoms with Crippen molar-refractivity contribution >= 4 is 17.3 Å². The van der Waals surface area contributed by atoms with Crippen LogP contribution < -0.4 is 9.47 Å². The van der Waals surface area contributed by atoms with Gasteiger partial charge in [-0.3, -0.25) is 0 Å². The molecule has 0 bridgehead atoms. The molecule has 1 aromatic carbocycles. The summed E-state index contributed by atoms with van der Waals surface area (Å²) in [5.41, 5.74) is 1.00. The van der Waals surface area contributed by atoms with E-state index in [1.807, 2.05) is 19.9 Å². The van der Waals surface area contributed by atoms with Crippen molar-refractivity contribution in [2.45, 2.75) is 13.8 Å². The standard InChI is InChI=1S/C15H13NO3S/c1-9-6-12(10(2)20-9)15(17)19-13-5-4-11(8-16)7-14(13)18-3/h4-7H,1-3H3. The number of carbonyl (C=O) groups is 1. The summed E-state index contributed by atoms with van der Waals surface area (Å²) in [6.07, 6.45) is 0. The number of methoxy groups -OCH3 is 1. The summed E-state index contributed by atoms with van der Waals surface area (Å²) in [6, 6.07) is 8.49. The monoisotopic (exact) mass is 287 g/mol. The first-order valence-corrected chi connectivity index (χ1v) is 6.74. The Morgan fingerprint density at radius 2 is 2.00 bits per heavy atom. The Labute approximate surface area is 121 Å². The van der Waals surface area contributed by atoms with Gasteiger partial charge in [0, 0.05) is 15.8 Å². The fourth-order valence-electron chi connectivity index (χ4n) is 1.81. The maximum Gasteiger partial charge on any atom is 0.344 e. The van der Waals surface area contributed by atoms with Crippen LogP contribution in [0.5, 0.6) is 11.5 Å². The van der Waals surface area contributed by atoms with E-state index >= 15 is 0 Å². The van der Waals surface area contributed by atoms with Crippen LogP contribution >= 0.6 is 11.3 Å². The molecule has 2 aromatic rings. The predicted octanol–water partition coefficient (Wildman–Crippen LogP) is 3.46. The summed E-state index contributed by atoms with van der Waals surface area (Å²) in [6.45, 7) is 3.82. The molecule has 0 spiro atoms. The average Bonchev–Trinajstić information content (AvgIpc) is 2.78. The van der Waals surface area contributed by atoms with Crippen LogP contribution in [0, 0.1) is 25.2 Å². The van der Waals surface area contributed by atoms with Crippen LogP contribution in [0.1, 0.15) is 25.7 Å². The van der Waals surface area contributed by atoms with Crippen LogP contribution in [0.15, 0.2) is 24.3 Å². The van der Waals surface area contributed by atoms with Gasteiger partial charge in [0.05, 0.1) is 24.3 Å². The molecule has 0 N–H and O–H groups in total. The molecule has 0 aliphatic rings. The van der Waals surface area contributed by atoms with E-state index in [4.69, 9.17) is 14.7 Å². The number of carbonyl (C=O) groups excluding carboxylic acids is 1. The summed E-state index contributed by atoms with van der Waals surface area (Å²) in [7, 11) is 1.47. The number of hydrogen-bond donors (Lipinski definition) is 0. The highest BCUT2D eigenvalue weighted by atomic mass is 32.1. The number of esters is 1. The van der Waals surface area contributed by atoms with Crippen molar-refractivity contribution in [3.05, 3.63) is 45.1 Å². The fraction of sp³-hybridized carbons (Fsp3) is 0.200. The number of thiophene rings is 1. The number of ether oxygens (including phenoxy) is 2. The van der Waals surface area contributed by atoms with Gasteiger partial charge in [-0.15, -0.1) is 11.3 Å². The van der Waals surface area contributed by atoms with Crippen LogP contribution in [-0.2, 0) is 0 Å². The second kappa shape index (κ2) is 5.76. The van der Waals surface area contributed by atoms with Crippen molar-refractivity contribution in [1.82, 2.24) is 0 Å². The minimum absolute atomic E-state index is 0.305. The molecule has 20 heavy (non-hydrogen) atoms. The van der Waals surface area contributed by atoms with Crippen molar-refractivity contribution in [3.63, 3.8) is 0 Å². The normalized spacial score (nSPS) is 9.90. The smallest absolute Gasteiger partial charge is 0.344 e. The number of nitriles is 1. The van der Waals surface area contributed by atoms with Crippen LogP contribution in [-0.4, -0.2) is 13.1 Å². The van der Waals surface area contributed by atoms with Crippen LogP contribution in [0.2, 0.25) is 0 Å². The lowest BCUT2D eigenvalue weighted by atomic mass is 10.2. The fourth-order valence-corrected chi connectivity index (χ4v) is 2.72. The molecule has 1 aromatic heterocycles. The molecule has 0 radical (unpaired) electrons. The lowest BCUT2D eigenvalue weighted by Crippen LogP contribution is -2.09. The molecule has 0 aliphatic heterocycles. The number of hydrogen-bond acceptors (Lipinski definition) is 5. The van der Waals surface area contributed by atoms with Crippen molar-refractivity contribution in [1.29, 1.82) is 5.26 Å². The second-order valence-electron chi connectivity index (χ2n) is 4.19. The maximum atomic E-state index is 12.1. The third kappa shape index (κ3) is 2.81. The Morgan fingerprint density at radius 3 is 2.55 bits per heavy atom. The Balaban J connectivity index is 2.28. The molecule has 5 heteroatoms.